The molecule has 2 rings (SSSR count). The Kier molecular flexibility index (Phi) is 7.07. The van der Waals surface area contributed by atoms with Crippen LogP contribution in [0.15, 0.2) is 48.5 Å². The minimum absolute atomic E-state index is 0.00273. The number of alkyl halides is 3. The molecule has 0 saturated heterocycles. The van der Waals surface area contributed by atoms with Gasteiger partial charge in [-0.2, -0.15) is 13.2 Å². The second kappa shape index (κ2) is 9.10. The Morgan fingerprint density at radius 3 is 2.25 bits per heavy atom. The number of hydrogen-bond acceptors (Lipinski definition) is 4. The number of esters is 1. The molecule has 0 spiro atoms. The van der Waals surface area contributed by atoms with Crippen molar-refractivity contribution in [3.8, 4) is 5.75 Å². The fraction of sp³-hybridized carbons (Fsp3) is 0.381. The van der Waals surface area contributed by atoms with Crippen LogP contribution in [-0.2, 0) is 22.3 Å². The Morgan fingerprint density at radius 1 is 0.964 bits per heavy atom. The molecular formula is C21H23F3O4. The average molecular weight is 396 g/mol. The van der Waals surface area contributed by atoms with E-state index in [4.69, 9.17) is 14.2 Å². The topological polar surface area (TPSA) is 44.8 Å². The van der Waals surface area contributed by atoms with E-state index in [9.17, 15) is 18.0 Å². The van der Waals surface area contributed by atoms with Gasteiger partial charge in [0.05, 0.1) is 24.3 Å². The lowest BCUT2D eigenvalue weighted by molar-refractivity contribution is -0.138. The monoisotopic (exact) mass is 396 g/mol. The summed E-state index contributed by atoms with van der Waals surface area (Å²) in [5, 5.41) is 0. The van der Waals surface area contributed by atoms with Crippen molar-refractivity contribution in [2.45, 2.75) is 39.2 Å². The van der Waals surface area contributed by atoms with Gasteiger partial charge in [0.25, 0.3) is 0 Å². The van der Waals surface area contributed by atoms with Gasteiger partial charge < -0.3 is 14.2 Å². The highest BCUT2D eigenvalue weighted by Gasteiger charge is 2.37. The third-order valence-electron chi connectivity index (χ3n) is 3.52. The third-order valence-corrected chi connectivity index (χ3v) is 3.52. The van der Waals surface area contributed by atoms with Gasteiger partial charge in [0.2, 0.25) is 0 Å². The van der Waals surface area contributed by atoms with E-state index >= 15 is 0 Å². The number of rotatable bonds is 7. The lowest BCUT2D eigenvalue weighted by atomic mass is 10.1. The predicted octanol–water partition coefficient (Wildman–Crippen LogP) is 5.26. The molecule has 0 aliphatic carbocycles. The maximum Gasteiger partial charge on any atom is 0.417 e. The highest BCUT2D eigenvalue weighted by molar-refractivity contribution is 5.91. The summed E-state index contributed by atoms with van der Waals surface area (Å²) in [4.78, 5) is 12.1. The summed E-state index contributed by atoms with van der Waals surface area (Å²) in [7, 11) is 0. The van der Waals surface area contributed by atoms with E-state index < -0.39 is 28.9 Å². The molecule has 0 unspecified atom stereocenters. The van der Waals surface area contributed by atoms with Gasteiger partial charge >= 0.3 is 12.1 Å². The summed E-state index contributed by atoms with van der Waals surface area (Å²) < 4.78 is 55.9. The molecular weight excluding hydrogens is 373 g/mol. The van der Waals surface area contributed by atoms with Crippen molar-refractivity contribution in [3.63, 3.8) is 0 Å². The Labute approximate surface area is 162 Å². The quantitative estimate of drug-likeness (QED) is 0.473. The molecule has 0 aliphatic rings. The van der Waals surface area contributed by atoms with E-state index in [1.54, 1.807) is 20.8 Å². The molecule has 28 heavy (non-hydrogen) atoms. The lowest BCUT2D eigenvalue weighted by Crippen LogP contribution is -2.25. The van der Waals surface area contributed by atoms with Crippen LogP contribution in [0.2, 0.25) is 0 Å². The fourth-order valence-electron chi connectivity index (χ4n) is 2.34. The van der Waals surface area contributed by atoms with Gasteiger partial charge in [-0.15, -0.1) is 0 Å². The fourth-order valence-corrected chi connectivity index (χ4v) is 2.34. The molecule has 0 aliphatic heterocycles. The van der Waals surface area contributed by atoms with Crippen molar-refractivity contribution in [2.75, 3.05) is 13.2 Å². The second-order valence-corrected chi connectivity index (χ2v) is 7.09. The summed E-state index contributed by atoms with van der Waals surface area (Å²) in [5.74, 6) is -1.03. The number of carbonyl (C=O) groups excluding carboxylic acids is 1. The zero-order valence-corrected chi connectivity index (χ0v) is 16.0. The normalized spacial score (nSPS) is 11.9. The van der Waals surface area contributed by atoms with Gasteiger partial charge in [-0.1, -0.05) is 30.3 Å². The first-order valence-electron chi connectivity index (χ1n) is 8.75. The molecule has 0 radical (unpaired) electrons. The Hall–Kier alpha value is -2.54. The Bertz CT molecular complexity index is 780. The van der Waals surface area contributed by atoms with Gasteiger partial charge in [0, 0.05) is 0 Å². The first-order chi connectivity index (χ1) is 13.1. The third kappa shape index (κ3) is 6.88. The molecule has 152 valence electrons. The van der Waals surface area contributed by atoms with Crippen LogP contribution in [0, 0.1) is 0 Å². The van der Waals surface area contributed by atoms with Crippen LogP contribution in [0.4, 0.5) is 13.2 Å². The number of halogens is 3. The summed E-state index contributed by atoms with van der Waals surface area (Å²) >= 11 is 0. The minimum atomic E-state index is -4.71. The van der Waals surface area contributed by atoms with Crippen LogP contribution in [0.5, 0.6) is 5.75 Å². The van der Waals surface area contributed by atoms with Crippen LogP contribution in [-0.4, -0.2) is 24.8 Å². The predicted molar refractivity (Wildman–Crippen MR) is 98.2 cm³/mol. The van der Waals surface area contributed by atoms with E-state index in [-0.39, 0.29) is 19.0 Å². The molecule has 4 nitrogen and oxygen atoms in total. The highest BCUT2D eigenvalue weighted by Crippen LogP contribution is 2.35. The summed E-state index contributed by atoms with van der Waals surface area (Å²) in [6.07, 6.45) is -4.71. The van der Waals surface area contributed by atoms with E-state index in [0.717, 1.165) is 17.7 Å². The summed E-state index contributed by atoms with van der Waals surface area (Å²) in [6, 6.07) is 12.7. The Balaban J connectivity index is 1.99. The van der Waals surface area contributed by atoms with Crippen LogP contribution in [0.1, 0.15) is 42.3 Å². The van der Waals surface area contributed by atoms with Gasteiger partial charge in [-0.25, -0.2) is 4.79 Å². The SMILES string of the molecule is CC(C)(C)OC(=O)c1ccc(OCCOCc2ccccc2)cc1C(F)(F)F. The largest absolute Gasteiger partial charge is 0.491 e. The average Bonchev–Trinajstić information content (AvgIpc) is 2.60. The second-order valence-electron chi connectivity index (χ2n) is 7.09. The molecule has 2 aromatic carbocycles. The van der Waals surface area contributed by atoms with Crippen LogP contribution < -0.4 is 4.74 Å². The number of carbonyl (C=O) groups is 1. The van der Waals surface area contributed by atoms with Crippen LogP contribution in [0.25, 0.3) is 0 Å². The lowest BCUT2D eigenvalue weighted by Gasteiger charge is -2.21. The number of ether oxygens (including phenoxy) is 3. The zero-order chi connectivity index (χ0) is 20.8. The van der Waals surface area contributed by atoms with Crippen LogP contribution >= 0.6 is 0 Å². The van der Waals surface area contributed by atoms with E-state index in [1.807, 2.05) is 30.3 Å². The van der Waals surface area contributed by atoms with Gasteiger partial charge in [0.1, 0.15) is 18.0 Å². The smallest absolute Gasteiger partial charge is 0.417 e. The molecule has 2 aromatic rings. The van der Waals surface area contributed by atoms with E-state index in [1.165, 1.54) is 6.07 Å². The standard InChI is InChI=1S/C21H23F3O4/c1-20(2,3)28-19(25)17-10-9-16(13-18(17)21(22,23)24)27-12-11-26-14-15-7-5-4-6-8-15/h4-10,13H,11-12,14H2,1-3H3. The van der Waals surface area contributed by atoms with Gasteiger partial charge in [-0.05, 0) is 44.5 Å². The molecule has 0 amide bonds. The highest BCUT2D eigenvalue weighted by atomic mass is 19.4. The van der Waals surface area contributed by atoms with E-state index in [2.05, 4.69) is 0 Å². The summed E-state index contributed by atoms with van der Waals surface area (Å²) in [6.45, 7) is 5.44. The molecule has 7 heteroatoms. The molecule has 0 fully saturated rings. The molecule has 0 saturated carbocycles. The Morgan fingerprint density at radius 2 is 1.64 bits per heavy atom. The van der Waals surface area contributed by atoms with Crippen molar-refractivity contribution in [3.05, 3.63) is 65.2 Å². The molecule has 0 aromatic heterocycles. The number of hydrogen-bond donors (Lipinski definition) is 0. The van der Waals surface area contributed by atoms with Gasteiger partial charge in [-0.3, -0.25) is 0 Å². The minimum Gasteiger partial charge on any atom is -0.491 e. The maximum absolute atomic E-state index is 13.4. The van der Waals surface area contributed by atoms with E-state index in [0.29, 0.717) is 6.61 Å². The van der Waals surface area contributed by atoms with Crippen molar-refractivity contribution < 1.29 is 32.2 Å². The first kappa shape index (κ1) is 21.8. The molecule has 0 heterocycles. The molecule has 0 bridgehead atoms. The van der Waals surface area contributed by atoms with Crippen molar-refractivity contribution in [1.82, 2.24) is 0 Å². The van der Waals surface area contributed by atoms with Gasteiger partial charge in [0.15, 0.2) is 0 Å². The van der Waals surface area contributed by atoms with Crippen molar-refractivity contribution in [1.29, 1.82) is 0 Å². The molecule has 0 atom stereocenters. The van der Waals surface area contributed by atoms with Crippen molar-refractivity contribution in [2.24, 2.45) is 0 Å². The summed E-state index contributed by atoms with van der Waals surface area (Å²) in [5.41, 5.74) is -1.55. The first-order valence-corrected chi connectivity index (χ1v) is 8.75. The van der Waals surface area contributed by atoms with Crippen molar-refractivity contribution >= 4 is 5.97 Å². The molecule has 0 N–H and O–H groups in total. The maximum atomic E-state index is 13.4. The zero-order valence-electron chi connectivity index (χ0n) is 16.0. The number of benzene rings is 2. The van der Waals surface area contributed by atoms with Crippen LogP contribution in [0.3, 0.4) is 0 Å².